The van der Waals surface area contributed by atoms with Crippen molar-refractivity contribution in [1.29, 1.82) is 0 Å². The van der Waals surface area contributed by atoms with E-state index in [2.05, 4.69) is 24.6 Å². The molecule has 0 aromatic rings. The van der Waals surface area contributed by atoms with Gasteiger partial charge in [0.05, 0.1) is 26.4 Å². The first-order chi connectivity index (χ1) is 6.91. The monoisotopic (exact) mass is 192 g/mol. The Balaban J connectivity index is 3.18. The third-order valence-corrected chi connectivity index (χ3v) is 1.29. The number of hydrogen-bond donors (Lipinski definition) is 0. The summed E-state index contributed by atoms with van der Waals surface area (Å²) >= 11 is 0. The summed E-state index contributed by atoms with van der Waals surface area (Å²) in [5.41, 5.74) is 5.25. The lowest BCUT2D eigenvalue weighted by Crippen LogP contribution is -1.93. The van der Waals surface area contributed by atoms with Crippen LogP contribution in [0.25, 0.3) is 0 Å². The molecule has 0 amide bonds. The van der Waals surface area contributed by atoms with E-state index in [-0.39, 0.29) is 0 Å². The average Bonchev–Trinajstić information content (AvgIpc) is 2.21. The van der Waals surface area contributed by atoms with Crippen LogP contribution in [0.15, 0.2) is 48.9 Å². The normalized spacial score (nSPS) is 9.43. The number of hydrogen-bond acceptors (Lipinski definition) is 2. The third-order valence-electron chi connectivity index (χ3n) is 1.29. The van der Waals surface area contributed by atoms with E-state index < -0.39 is 0 Å². The zero-order valence-electron chi connectivity index (χ0n) is 8.37. The first kappa shape index (κ1) is 12.7. The van der Waals surface area contributed by atoms with Gasteiger partial charge in [0.15, 0.2) is 0 Å². The first-order valence-corrected chi connectivity index (χ1v) is 4.41. The Bertz CT molecular complexity index is 215. The molecule has 14 heavy (non-hydrogen) atoms. The van der Waals surface area contributed by atoms with Gasteiger partial charge < -0.3 is 9.47 Å². The highest BCUT2D eigenvalue weighted by Crippen LogP contribution is 1.81. The van der Waals surface area contributed by atoms with Crippen molar-refractivity contribution >= 4 is 0 Å². The predicted octanol–water partition coefficient (Wildman–Crippen LogP) is 2.26. The highest BCUT2D eigenvalue weighted by Gasteiger charge is 1.79. The zero-order chi connectivity index (χ0) is 10.5. The van der Waals surface area contributed by atoms with E-state index in [1.54, 1.807) is 12.2 Å². The maximum absolute atomic E-state index is 5.17. The van der Waals surface area contributed by atoms with Gasteiger partial charge in [0.25, 0.3) is 0 Å². The molecule has 76 valence electrons. The van der Waals surface area contributed by atoms with Gasteiger partial charge in [0, 0.05) is 0 Å². The molecule has 0 bridgehead atoms. The molecule has 0 saturated heterocycles. The maximum Gasteiger partial charge on any atom is 0.0725 e. The van der Waals surface area contributed by atoms with E-state index in [0.717, 1.165) is 0 Å². The van der Waals surface area contributed by atoms with Gasteiger partial charge >= 0.3 is 0 Å². The molecule has 0 aliphatic heterocycles. The molecule has 0 aromatic heterocycles. The van der Waals surface area contributed by atoms with Crippen LogP contribution < -0.4 is 0 Å². The molecule has 0 aliphatic rings. The summed E-state index contributed by atoms with van der Waals surface area (Å²) in [5.74, 6) is 0. The highest BCUT2D eigenvalue weighted by atomic mass is 16.5. The molecule has 0 aromatic carbocycles. The van der Waals surface area contributed by atoms with Crippen LogP contribution in [0.2, 0.25) is 0 Å². The molecule has 2 nitrogen and oxygen atoms in total. The van der Waals surface area contributed by atoms with Crippen molar-refractivity contribution in [2.24, 2.45) is 0 Å². The van der Waals surface area contributed by atoms with Gasteiger partial charge in [-0.3, -0.25) is 0 Å². The largest absolute Gasteiger partial charge is 0.373 e. The highest BCUT2D eigenvalue weighted by molar-refractivity contribution is 4.83. The summed E-state index contributed by atoms with van der Waals surface area (Å²) in [5, 5.41) is 0. The van der Waals surface area contributed by atoms with Gasteiger partial charge in [-0.25, -0.2) is 0 Å². The number of rotatable bonds is 8. The third kappa shape index (κ3) is 10.7. The SMILES string of the molecule is C=C=CCOC/C=C/COCC=C=C. The van der Waals surface area contributed by atoms with Crippen molar-refractivity contribution in [3.63, 3.8) is 0 Å². The molecule has 0 unspecified atom stereocenters. The minimum atomic E-state index is 0.550. The van der Waals surface area contributed by atoms with Crippen LogP contribution in [-0.4, -0.2) is 26.4 Å². The van der Waals surface area contributed by atoms with Gasteiger partial charge in [-0.1, -0.05) is 25.3 Å². The smallest absolute Gasteiger partial charge is 0.0725 e. The van der Waals surface area contributed by atoms with Gasteiger partial charge in [-0.2, -0.15) is 0 Å². The molecule has 0 spiro atoms. The van der Waals surface area contributed by atoms with Gasteiger partial charge in [-0.05, 0) is 12.2 Å². The Morgan fingerprint density at radius 2 is 1.21 bits per heavy atom. The van der Waals surface area contributed by atoms with Crippen LogP contribution in [0.5, 0.6) is 0 Å². The fourth-order valence-corrected chi connectivity index (χ4v) is 0.644. The average molecular weight is 192 g/mol. The van der Waals surface area contributed by atoms with E-state index in [9.17, 15) is 0 Å². The summed E-state index contributed by atoms with van der Waals surface area (Å²) in [6.07, 6.45) is 7.29. The summed E-state index contributed by atoms with van der Waals surface area (Å²) in [6, 6.07) is 0. The van der Waals surface area contributed by atoms with Crippen molar-refractivity contribution in [3.05, 3.63) is 48.9 Å². The Morgan fingerprint density at radius 1 is 0.786 bits per heavy atom. The van der Waals surface area contributed by atoms with Gasteiger partial charge in [0.1, 0.15) is 0 Å². The lowest BCUT2D eigenvalue weighted by molar-refractivity contribution is 0.185. The Hall–Kier alpha value is -1.30. The lowest BCUT2D eigenvalue weighted by atomic mass is 10.5. The lowest BCUT2D eigenvalue weighted by Gasteiger charge is -1.95. The molecule has 0 heterocycles. The van der Waals surface area contributed by atoms with Crippen molar-refractivity contribution in [2.45, 2.75) is 0 Å². The molecule has 0 rings (SSSR count). The second-order valence-electron chi connectivity index (χ2n) is 2.36. The molecule has 0 N–H and O–H groups in total. The van der Waals surface area contributed by atoms with Crippen LogP contribution in [-0.2, 0) is 9.47 Å². The molecular formula is C12H16O2. The summed E-state index contributed by atoms with van der Waals surface area (Å²) in [6.45, 7) is 9.11. The molecule has 0 saturated carbocycles. The standard InChI is InChI=1S/C12H16O2/c1-3-5-9-13-11-7-8-12-14-10-6-4-2/h5-8H,1-2,9-12H2/b8-7+. The summed E-state index contributed by atoms with van der Waals surface area (Å²) in [4.78, 5) is 0. The molecule has 0 radical (unpaired) electrons. The minimum absolute atomic E-state index is 0.550. The first-order valence-electron chi connectivity index (χ1n) is 4.41. The second kappa shape index (κ2) is 11.7. The molecule has 0 fully saturated rings. The Kier molecular flexibility index (Phi) is 10.6. The molecule has 2 heteroatoms. The molecule has 0 aliphatic carbocycles. The zero-order valence-corrected chi connectivity index (χ0v) is 8.37. The number of ether oxygens (including phenoxy) is 2. The Labute approximate surface area is 85.5 Å². The predicted molar refractivity (Wildman–Crippen MR) is 58.2 cm³/mol. The van der Waals surface area contributed by atoms with Crippen molar-refractivity contribution in [2.75, 3.05) is 26.4 Å². The topological polar surface area (TPSA) is 18.5 Å². The minimum Gasteiger partial charge on any atom is -0.373 e. The molecular weight excluding hydrogens is 176 g/mol. The van der Waals surface area contributed by atoms with Crippen LogP contribution >= 0.6 is 0 Å². The van der Waals surface area contributed by atoms with E-state index in [1.807, 2.05) is 12.2 Å². The van der Waals surface area contributed by atoms with Crippen molar-refractivity contribution in [1.82, 2.24) is 0 Å². The van der Waals surface area contributed by atoms with Crippen molar-refractivity contribution < 1.29 is 9.47 Å². The van der Waals surface area contributed by atoms with Crippen LogP contribution in [0.4, 0.5) is 0 Å². The quantitative estimate of drug-likeness (QED) is 0.333. The van der Waals surface area contributed by atoms with Crippen LogP contribution in [0.3, 0.4) is 0 Å². The second-order valence-corrected chi connectivity index (χ2v) is 2.36. The van der Waals surface area contributed by atoms with E-state index in [0.29, 0.717) is 26.4 Å². The van der Waals surface area contributed by atoms with Crippen molar-refractivity contribution in [3.8, 4) is 0 Å². The van der Waals surface area contributed by atoms with Gasteiger partial charge in [0.2, 0.25) is 0 Å². The van der Waals surface area contributed by atoms with E-state index >= 15 is 0 Å². The van der Waals surface area contributed by atoms with E-state index in [1.165, 1.54) is 0 Å². The summed E-state index contributed by atoms with van der Waals surface area (Å²) in [7, 11) is 0. The van der Waals surface area contributed by atoms with Crippen LogP contribution in [0, 0.1) is 0 Å². The van der Waals surface area contributed by atoms with E-state index in [4.69, 9.17) is 9.47 Å². The fourth-order valence-electron chi connectivity index (χ4n) is 0.644. The van der Waals surface area contributed by atoms with Gasteiger partial charge in [-0.15, -0.1) is 11.5 Å². The Morgan fingerprint density at radius 3 is 1.57 bits per heavy atom. The fraction of sp³-hybridized carbons (Fsp3) is 0.333. The van der Waals surface area contributed by atoms with Crippen LogP contribution in [0.1, 0.15) is 0 Å². The summed E-state index contributed by atoms with van der Waals surface area (Å²) < 4.78 is 10.3. The molecule has 0 atom stereocenters. The maximum atomic E-state index is 5.17.